The smallest absolute Gasteiger partial charge is 0.217 e. The van der Waals surface area contributed by atoms with Gasteiger partial charge in [-0.2, -0.15) is 0 Å². The molecule has 0 saturated carbocycles. The Balaban J connectivity index is 1.79. The molecular formula is C20H17ClN2S. The molecule has 0 saturated heterocycles. The third kappa shape index (κ3) is 2.22. The van der Waals surface area contributed by atoms with Gasteiger partial charge in [-0.1, -0.05) is 24.3 Å². The summed E-state index contributed by atoms with van der Waals surface area (Å²) >= 11 is 7.92. The van der Waals surface area contributed by atoms with Crippen LogP contribution in [0, 0.1) is 0 Å². The molecule has 0 amide bonds. The highest BCUT2D eigenvalue weighted by Crippen LogP contribution is 2.44. The second-order valence-corrected chi connectivity index (χ2v) is 7.89. The van der Waals surface area contributed by atoms with Crippen LogP contribution in [0.25, 0.3) is 15.8 Å². The summed E-state index contributed by atoms with van der Waals surface area (Å²) in [6.45, 7) is 0. The molecule has 2 aliphatic carbocycles. The monoisotopic (exact) mass is 352 g/mol. The summed E-state index contributed by atoms with van der Waals surface area (Å²) in [5.41, 5.74) is 7.64. The minimum Gasteiger partial charge on any atom is -0.217 e. The number of aromatic nitrogens is 2. The Morgan fingerprint density at radius 1 is 1.12 bits per heavy atom. The van der Waals surface area contributed by atoms with Gasteiger partial charge in [0.25, 0.3) is 0 Å². The third-order valence-electron chi connectivity index (χ3n) is 5.29. The van der Waals surface area contributed by atoms with Crippen LogP contribution in [0.1, 0.15) is 54.0 Å². The molecule has 24 heavy (non-hydrogen) atoms. The number of benzene rings is 1. The first kappa shape index (κ1) is 14.6. The Kier molecular flexibility index (Phi) is 3.46. The van der Waals surface area contributed by atoms with Crippen LogP contribution in [0.15, 0.2) is 35.7 Å². The molecule has 1 aromatic carbocycles. The molecule has 0 spiro atoms. The summed E-state index contributed by atoms with van der Waals surface area (Å²) in [6.07, 6.45) is 8.52. The topological polar surface area (TPSA) is 25.8 Å². The summed E-state index contributed by atoms with van der Waals surface area (Å²) in [7, 11) is 0. The van der Waals surface area contributed by atoms with Gasteiger partial charge in [-0.15, -0.1) is 11.3 Å². The molecule has 3 aromatic rings. The van der Waals surface area contributed by atoms with Crippen molar-refractivity contribution >= 4 is 38.7 Å². The highest BCUT2D eigenvalue weighted by molar-refractivity contribution is 7.17. The second-order valence-electron chi connectivity index (χ2n) is 6.64. The average Bonchev–Trinajstić information content (AvgIpc) is 2.98. The fourth-order valence-electron chi connectivity index (χ4n) is 4.30. The Morgan fingerprint density at radius 2 is 2.08 bits per heavy atom. The lowest BCUT2D eigenvalue weighted by molar-refractivity contribution is 0.526. The van der Waals surface area contributed by atoms with Crippen molar-refractivity contribution in [2.45, 2.75) is 38.0 Å². The number of thiophene rings is 1. The van der Waals surface area contributed by atoms with Crippen molar-refractivity contribution in [1.29, 1.82) is 0 Å². The van der Waals surface area contributed by atoms with Crippen LogP contribution in [0.5, 0.6) is 0 Å². The largest absolute Gasteiger partial charge is 0.223 e. The van der Waals surface area contributed by atoms with Gasteiger partial charge in [-0.05, 0) is 77.8 Å². The maximum Gasteiger partial charge on any atom is 0.223 e. The van der Waals surface area contributed by atoms with Gasteiger partial charge in [-0.3, -0.25) is 0 Å². The fraction of sp³-hybridized carbons (Fsp3) is 0.300. The highest BCUT2D eigenvalue weighted by atomic mass is 35.5. The number of rotatable bonds is 1. The molecule has 2 aromatic heterocycles. The maximum absolute atomic E-state index is 6.22. The number of allylic oxidation sites excluding steroid dienone is 1. The Labute approximate surface area is 150 Å². The quantitative estimate of drug-likeness (QED) is 0.502. The van der Waals surface area contributed by atoms with Crippen LogP contribution in [0.4, 0.5) is 0 Å². The fourth-order valence-corrected chi connectivity index (χ4v) is 5.31. The van der Waals surface area contributed by atoms with E-state index in [2.05, 4.69) is 39.6 Å². The van der Waals surface area contributed by atoms with Crippen LogP contribution in [-0.4, -0.2) is 9.97 Å². The van der Waals surface area contributed by atoms with Crippen LogP contribution < -0.4 is 0 Å². The zero-order chi connectivity index (χ0) is 16.1. The standard InChI is InChI=1S/C20H17ClN2S/c21-20-22-16-10-11-24-19(16)18(23-20)15-9-3-7-13-5-1-4-12-6-2-8-14(15)17(12)13/h2,6,8-11,13H,1,3-5,7H2. The summed E-state index contributed by atoms with van der Waals surface area (Å²) < 4.78 is 1.14. The number of hydrogen-bond donors (Lipinski definition) is 0. The number of fused-ring (bicyclic) bond motifs is 1. The molecule has 2 nitrogen and oxygen atoms in total. The lowest BCUT2D eigenvalue weighted by Gasteiger charge is -2.27. The summed E-state index contributed by atoms with van der Waals surface area (Å²) in [4.78, 5) is 9.00. The zero-order valence-corrected chi connectivity index (χ0v) is 14.8. The molecule has 0 bridgehead atoms. The predicted octanol–water partition coefficient (Wildman–Crippen LogP) is 5.99. The number of halogens is 1. The van der Waals surface area contributed by atoms with E-state index in [-0.39, 0.29) is 0 Å². The van der Waals surface area contributed by atoms with E-state index in [9.17, 15) is 0 Å². The lowest BCUT2D eigenvalue weighted by Crippen LogP contribution is -2.11. The molecular weight excluding hydrogens is 336 g/mol. The summed E-state index contributed by atoms with van der Waals surface area (Å²) in [5, 5.41) is 2.40. The zero-order valence-electron chi connectivity index (χ0n) is 13.3. The van der Waals surface area contributed by atoms with Crippen molar-refractivity contribution in [1.82, 2.24) is 9.97 Å². The summed E-state index contributed by atoms with van der Waals surface area (Å²) in [6, 6.07) is 8.80. The minimum absolute atomic E-state index is 0.336. The Bertz CT molecular complexity index is 973. The summed E-state index contributed by atoms with van der Waals surface area (Å²) in [5.74, 6) is 0.690. The van der Waals surface area contributed by atoms with E-state index >= 15 is 0 Å². The van der Waals surface area contributed by atoms with E-state index < -0.39 is 0 Å². The predicted molar refractivity (Wildman–Crippen MR) is 101 cm³/mol. The van der Waals surface area contributed by atoms with Crippen molar-refractivity contribution in [3.63, 3.8) is 0 Å². The van der Waals surface area contributed by atoms with Crippen LogP contribution in [0.3, 0.4) is 0 Å². The van der Waals surface area contributed by atoms with Crippen molar-refractivity contribution in [3.05, 3.63) is 63.4 Å². The van der Waals surface area contributed by atoms with Crippen molar-refractivity contribution in [2.75, 3.05) is 0 Å². The molecule has 0 radical (unpaired) electrons. The van der Waals surface area contributed by atoms with Gasteiger partial charge in [-0.25, -0.2) is 9.97 Å². The first-order chi connectivity index (χ1) is 11.8. The normalized spacial score (nSPS) is 19.7. The maximum atomic E-state index is 6.22. The molecule has 4 heteroatoms. The second kappa shape index (κ2) is 5.68. The molecule has 5 rings (SSSR count). The van der Waals surface area contributed by atoms with Gasteiger partial charge in [0.15, 0.2) is 0 Å². The Morgan fingerprint density at radius 3 is 3.04 bits per heavy atom. The van der Waals surface area contributed by atoms with Gasteiger partial charge in [0.05, 0.1) is 15.9 Å². The Hall–Kier alpha value is -1.71. The van der Waals surface area contributed by atoms with E-state index in [4.69, 9.17) is 11.6 Å². The van der Waals surface area contributed by atoms with Crippen LogP contribution in [-0.2, 0) is 6.42 Å². The molecule has 120 valence electrons. The number of aryl methyl sites for hydroxylation is 1. The van der Waals surface area contributed by atoms with Gasteiger partial charge in [0.1, 0.15) is 0 Å². The van der Waals surface area contributed by atoms with Gasteiger partial charge in [0, 0.05) is 5.57 Å². The lowest BCUT2D eigenvalue weighted by atomic mass is 9.78. The molecule has 2 heterocycles. The third-order valence-corrected chi connectivity index (χ3v) is 6.37. The molecule has 2 aliphatic rings. The first-order valence-electron chi connectivity index (χ1n) is 8.54. The van der Waals surface area contributed by atoms with Gasteiger partial charge >= 0.3 is 0 Å². The van der Waals surface area contributed by atoms with E-state index in [1.165, 1.54) is 42.4 Å². The van der Waals surface area contributed by atoms with Crippen LogP contribution in [0.2, 0.25) is 5.28 Å². The van der Waals surface area contributed by atoms with Crippen molar-refractivity contribution in [3.8, 4) is 0 Å². The SMILES string of the molecule is Clc1nc(C2=CCCC3CCCc4cccc2c43)c2sccc2n1. The van der Waals surface area contributed by atoms with E-state index in [0.717, 1.165) is 22.3 Å². The van der Waals surface area contributed by atoms with Crippen molar-refractivity contribution in [2.24, 2.45) is 0 Å². The van der Waals surface area contributed by atoms with E-state index in [1.54, 1.807) is 16.9 Å². The molecule has 0 N–H and O–H groups in total. The van der Waals surface area contributed by atoms with Crippen molar-refractivity contribution < 1.29 is 0 Å². The van der Waals surface area contributed by atoms with Gasteiger partial charge in [0.2, 0.25) is 5.28 Å². The number of nitrogens with zero attached hydrogens (tertiary/aromatic N) is 2. The van der Waals surface area contributed by atoms with E-state index in [0.29, 0.717) is 11.2 Å². The molecule has 0 fully saturated rings. The minimum atomic E-state index is 0.336. The molecule has 1 atom stereocenters. The highest BCUT2D eigenvalue weighted by Gasteiger charge is 2.27. The van der Waals surface area contributed by atoms with Crippen LogP contribution >= 0.6 is 22.9 Å². The van der Waals surface area contributed by atoms with Gasteiger partial charge < -0.3 is 0 Å². The van der Waals surface area contributed by atoms with E-state index in [1.807, 2.05) is 6.07 Å². The first-order valence-corrected chi connectivity index (χ1v) is 9.80. The molecule has 1 unspecified atom stereocenters. The molecule has 0 aliphatic heterocycles. The average molecular weight is 353 g/mol. The number of hydrogen-bond acceptors (Lipinski definition) is 3.